The van der Waals surface area contributed by atoms with E-state index >= 15 is 0 Å². The number of H-pyrrole nitrogens is 1. The molecule has 2 N–H and O–H groups in total. The van der Waals surface area contributed by atoms with Crippen molar-refractivity contribution in [1.82, 2.24) is 20.2 Å². The smallest absolute Gasteiger partial charge is 0.218 e. The fraction of sp³-hybridized carbons (Fsp3) is 0.417. The molecule has 0 bridgehead atoms. The number of aromatic nitrogens is 4. The number of nitrogens with zero attached hydrogens (tertiary/aromatic N) is 3. The van der Waals surface area contributed by atoms with E-state index in [1.165, 1.54) is 6.33 Å². The number of hydrogen-bond acceptors (Lipinski definition) is 5. The van der Waals surface area contributed by atoms with Crippen LogP contribution in [0.25, 0.3) is 0 Å². The zero-order chi connectivity index (χ0) is 13.0. The van der Waals surface area contributed by atoms with Gasteiger partial charge in [-0.3, -0.25) is 5.10 Å². The summed E-state index contributed by atoms with van der Waals surface area (Å²) < 4.78 is 5.52. The summed E-state index contributed by atoms with van der Waals surface area (Å²) in [5.74, 6) is 1.30. The number of ether oxygens (including phenoxy) is 1. The van der Waals surface area contributed by atoms with Crippen molar-refractivity contribution in [2.75, 3.05) is 5.32 Å². The molecule has 0 radical (unpaired) electrons. The van der Waals surface area contributed by atoms with Gasteiger partial charge in [0.05, 0.1) is 18.3 Å². The topological polar surface area (TPSA) is 75.7 Å². The fourth-order valence-electron chi connectivity index (χ4n) is 1.53. The Morgan fingerprint density at radius 3 is 2.78 bits per heavy atom. The molecule has 0 spiro atoms. The summed E-state index contributed by atoms with van der Waals surface area (Å²) in [6, 6.07) is 1.90. The summed E-state index contributed by atoms with van der Waals surface area (Å²) >= 11 is 0. The predicted molar refractivity (Wildman–Crippen MR) is 68.4 cm³/mol. The Bertz CT molecular complexity index is 483. The molecule has 0 saturated carbocycles. The van der Waals surface area contributed by atoms with Crippen molar-refractivity contribution in [3.8, 4) is 5.88 Å². The first-order chi connectivity index (χ1) is 8.65. The maximum Gasteiger partial charge on any atom is 0.218 e. The van der Waals surface area contributed by atoms with Crippen LogP contribution < -0.4 is 10.1 Å². The molecule has 0 amide bonds. The molecule has 6 nitrogen and oxygen atoms in total. The minimum Gasteiger partial charge on any atom is -0.475 e. The average Bonchev–Trinajstić information content (AvgIpc) is 2.81. The van der Waals surface area contributed by atoms with Gasteiger partial charge in [-0.15, -0.1) is 0 Å². The molecular formula is C12H17N5O. The molecule has 0 fully saturated rings. The van der Waals surface area contributed by atoms with Gasteiger partial charge in [0.2, 0.25) is 5.88 Å². The van der Waals surface area contributed by atoms with E-state index < -0.39 is 0 Å². The van der Waals surface area contributed by atoms with E-state index in [1.54, 1.807) is 12.3 Å². The van der Waals surface area contributed by atoms with Gasteiger partial charge in [0.15, 0.2) is 0 Å². The summed E-state index contributed by atoms with van der Waals surface area (Å²) in [4.78, 5) is 8.22. The van der Waals surface area contributed by atoms with Crippen LogP contribution in [0.1, 0.15) is 32.4 Å². The van der Waals surface area contributed by atoms with E-state index in [0.29, 0.717) is 5.88 Å². The van der Waals surface area contributed by atoms with Gasteiger partial charge in [-0.05, 0) is 20.8 Å². The van der Waals surface area contributed by atoms with Crippen LogP contribution in [0.5, 0.6) is 5.88 Å². The van der Waals surface area contributed by atoms with Gasteiger partial charge in [0, 0.05) is 17.8 Å². The normalized spacial score (nSPS) is 12.4. The van der Waals surface area contributed by atoms with Crippen molar-refractivity contribution in [2.24, 2.45) is 0 Å². The van der Waals surface area contributed by atoms with Crippen molar-refractivity contribution >= 4 is 5.82 Å². The van der Waals surface area contributed by atoms with Crippen molar-refractivity contribution in [3.63, 3.8) is 0 Å². The molecule has 6 heteroatoms. The van der Waals surface area contributed by atoms with Gasteiger partial charge < -0.3 is 10.1 Å². The first-order valence-electron chi connectivity index (χ1n) is 5.89. The number of anilines is 1. The monoisotopic (exact) mass is 247 g/mol. The molecule has 0 aliphatic rings. The highest BCUT2D eigenvalue weighted by molar-refractivity contribution is 5.39. The van der Waals surface area contributed by atoms with Gasteiger partial charge in [-0.25, -0.2) is 9.97 Å². The van der Waals surface area contributed by atoms with Crippen LogP contribution >= 0.6 is 0 Å². The Morgan fingerprint density at radius 2 is 2.11 bits per heavy atom. The highest BCUT2D eigenvalue weighted by atomic mass is 16.5. The van der Waals surface area contributed by atoms with Gasteiger partial charge in [0.25, 0.3) is 0 Å². The molecule has 2 aromatic rings. The Kier molecular flexibility index (Phi) is 3.76. The largest absolute Gasteiger partial charge is 0.475 e. The zero-order valence-electron chi connectivity index (χ0n) is 10.7. The molecule has 1 atom stereocenters. The molecule has 2 heterocycles. The molecule has 0 aliphatic carbocycles. The molecule has 0 aromatic carbocycles. The van der Waals surface area contributed by atoms with Crippen molar-refractivity contribution in [3.05, 3.63) is 30.4 Å². The van der Waals surface area contributed by atoms with Crippen LogP contribution in [0, 0.1) is 0 Å². The standard InChI is InChI=1S/C12H17N5O/c1-8(2)18-12-4-11(13-7-14-12)17-9(3)10-5-15-16-6-10/h4-9H,1-3H3,(H,15,16)(H,13,14,17). The highest BCUT2D eigenvalue weighted by Crippen LogP contribution is 2.18. The van der Waals surface area contributed by atoms with Crippen LogP contribution in [0.15, 0.2) is 24.8 Å². The SMILES string of the molecule is CC(C)Oc1cc(NC(C)c2cn[nH]c2)ncn1. The van der Waals surface area contributed by atoms with E-state index in [2.05, 4.69) is 25.5 Å². The molecule has 2 rings (SSSR count). The van der Waals surface area contributed by atoms with E-state index in [1.807, 2.05) is 27.0 Å². The van der Waals surface area contributed by atoms with Crippen LogP contribution in [0.4, 0.5) is 5.82 Å². The molecule has 0 saturated heterocycles. The molecule has 18 heavy (non-hydrogen) atoms. The molecule has 96 valence electrons. The lowest BCUT2D eigenvalue weighted by atomic mass is 10.2. The number of hydrogen-bond donors (Lipinski definition) is 2. The van der Waals surface area contributed by atoms with E-state index in [9.17, 15) is 0 Å². The van der Waals surface area contributed by atoms with Crippen LogP contribution in [-0.2, 0) is 0 Å². The lowest BCUT2D eigenvalue weighted by molar-refractivity contribution is 0.232. The van der Waals surface area contributed by atoms with E-state index in [0.717, 1.165) is 11.4 Å². The van der Waals surface area contributed by atoms with Gasteiger partial charge >= 0.3 is 0 Å². The predicted octanol–water partition coefficient (Wildman–Crippen LogP) is 2.16. The molecule has 2 aromatic heterocycles. The lowest BCUT2D eigenvalue weighted by Crippen LogP contribution is -2.10. The quantitative estimate of drug-likeness (QED) is 0.846. The average molecular weight is 247 g/mol. The minimum absolute atomic E-state index is 0.0963. The number of rotatable bonds is 5. The van der Waals surface area contributed by atoms with Crippen molar-refractivity contribution in [2.45, 2.75) is 32.9 Å². The van der Waals surface area contributed by atoms with Crippen molar-refractivity contribution < 1.29 is 4.74 Å². The summed E-state index contributed by atoms with van der Waals surface area (Å²) in [5, 5.41) is 9.97. The first-order valence-corrected chi connectivity index (χ1v) is 5.89. The third-order valence-electron chi connectivity index (χ3n) is 2.38. The summed E-state index contributed by atoms with van der Waals surface area (Å²) in [5.41, 5.74) is 1.07. The second-order valence-corrected chi connectivity index (χ2v) is 4.31. The lowest BCUT2D eigenvalue weighted by Gasteiger charge is -2.14. The van der Waals surface area contributed by atoms with Crippen LogP contribution in [0.3, 0.4) is 0 Å². The molecular weight excluding hydrogens is 230 g/mol. The van der Waals surface area contributed by atoms with Gasteiger partial charge in [-0.1, -0.05) is 0 Å². The second-order valence-electron chi connectivity index (χ2n) is 4.31. The third kappa shape index (κ3) is 3.19. The number of aromatic amines is 1. The Hall–Kier alpha value is -2.11. The maximum atomic E-state index is 5.52. The Balaban J connectivity index is 2.05. The zero-order valence-corrected chi connectivity index (χ0v) is 10.7. The first kappa shape index (κ1) is 12.3. The summed E-state index contributed by atoms with van der Waals surface area (Å²) in [6.45, 7) is 5.96. The maximum absolute atomic E-state index is 5.52. The van der Waals surface area contributed by atoms with Crippen molar-refractivity contribution in [1.29, 1.82) is 0 Å². The van der Waals surface area contributed by atoms with Gasteiger partial charge in [-0.2, -0.15) is 5.10 Å². The van der Waals surface area contributed by atoms with E-state index in [-0.39, 0.29) is 12.1 Å². The summed E-state index contributed by atoms with van der Waals surface area (Å²) in [6.07, 6.45) is 5.22. The minimum atomic E-state index is 0.0963. The Morgan fingerprint density at radius 1 is 1.28 bits per heavy atom. The van der Waals surface area contributed by atoms with E-state index in [4.69, 9.17) is 4.74 Å². The highest BCUT2D eigenvalue weighted by Gasteiger charge is 2.08. The van der Waals surface area contributed by atoms with Crippen LogP contribution in [0.2, 0.25) is 0 Å². The Labute approximate surface area is 106 Å². The second kappa shape index (κ2) is 5.48. The fourth-order valence-corrected chi connectivity index (χ4v) is 1.53. The number of nitrogens with one attached hydrogen (secondary N) is 2. The third-order valence-corrected chi connectivity index (χ3v) is 2.38. The van der Waals surface area contributed by atoms with Gasteiger partial charge in [0.1, 0.15) is 12.1 Å². The van der Waals surface area contributed by atoms with Crippen LogP contribution in [-0.4, -0.2) is 26.3 Å². The molecule has 1 unspecified atom stereocenters. The summed E-state index contributed by atoms with van der Waals surface area (Å²) in [7, 11) is 0. The molecule has 0 aliphatic heterocycles.